The Balaban J connectivity index is 2.26. The summed E-state index contributed by atoms with van der Waals surface area (Å²) in [5.74, 6) is -2.69. The maximum absolute atomic E-state index is 12.8. The molecule has 3 rings (SSSR count). The Morgan fingerprint density at radius 3 is 2.16 bits per heavy atom. The van der Waals surface area contributed by atoms with E-state index in [1.165, 1.54) is 27.9 Å². The van der Waals surface area contributed by atoms with Gasteiger partial charge in [0.1, 0.15) is 6.04 Å². The second-order valence-electron chi connectivity index (χ2n) is 6.96. The van der Waals surface area contributed by atoms with Gasteiger partial charge in [-0.2, -0.15) is 4.98 Å². The Labute approximate surface area is 176 Å². The number of methoxy groups -OCH3 is 1. The number of aromatic nitrogens is 2. The first-order chi connectivity index (χ1) is 14.6. The predicted molar refractivity (Wildman–Crippen MR) is 102 cm³/mol. The monoisotopic (exact) mass is 438 g/mol. The van der Waals surface area contributed by atoms with Crippen molar-refractivity contribution in [2.75, 3.05) is 23.5 Å². The first kappa shape index (κ1) is 22.2. The number of ether oxygens (including phenoxy) is 4. The number of hydrogen-bond donors (Lipinski definition) is 1. The molecule has 13 nitrogen and oxygen atoms in total. The number of amides is 2. The highest BCUT2D eigenvalue weighted by Gasteiger charge is 2.56. The van der Waals surface area contributed by atoms with Gasteiger partial charge in [0.15, 0.2) is 29.9 Å². The standard InChI is InChI=1S/C18H22N4O9/c1-7(23)21-12-14(31-10(4)26)11(30-9(3)25)6-29-17(12)22(8(2)24)15-13(21)16(27)20-18(19-15)28-5/h11-12,14,17H,6H2,1-5H3,(H,19,20,27)/t11-,12+,14+,17-/m0/s1. The zero-order valence-corrected chi connectivity index (χ0v) is 17.5. The summed E-state index contributed by atoms with van der Waals surface area (Å²) in [5.41, 5.74) is -1.02. The molecule has 0 spiro atoms. The second-order valence-corrected chi connectivity index (χ2v) is 6.96. The van der Waals surface area contributed by atoms with E-state index in [1.54, 1.807) is 0 Å². The van der Waals surface area contributed by atoms with Crippen LogP contribution in [0.2, 0.25) is 0 Å². The predicted octanol–water partition coefficient (Wildman–Crippen LogP) is -0.914. The number of H-pyrrole nitrogens is 1. The Bertz CT molecular complexity index is 991. The number of carbonyl (C=O) groups excluding carboxylic acids is 4. The Hall–Kier alpha value is -3.48. The Kier molecular flexibility index (Phi) is 5.97. The highest BCUT2D eigenvalue weighted by molar-refractivity contribution is 6.02. The van der Waals surface area contributed by atoms with Crippen LogP contribution in [0.4, 0.5) is 11.5 Å². The lowest BCUT2D eigenvalue weighted by Gasteiger charge is -2.51. The van der Waals surface area contributed by atoms with E-state index in [4.69, 9.17) is 18.9 Å². The summed E-state index contributed by atoms with van der Waals surface area (Å²) in [7, 11) is 1.27. The third-order valence-corrected chi connectivity index (χ3v) is 4.79. The minimum Gasteiger partial charge on any atom is -0.468 e. The van der Waals surface area contributed by atoms with Gasteiger partial charge in [-0.25, -0.2) is 0 Å². The van der Waals surface area contributed by atoms with Crippen molar-refractivity contribution >= 4 is 35.3 Å². The molecule has 2 amide bonds. The fraction of sp³-hybridized carbons (Fsp3) is 0.556. The van der Waals surface area contributed by atoms with Gasteiger partial charge in [-0.1, -0.05) is 0 Å². The lowest BCUT2D eigenvalue weighted by Crippen LogP contribution is -2.71. The zero-order chi connectivity index (χ0) is 23.0. The van der Waals surface area contributed by atoms with Crippen LogP contribution in [0.25, 0.3) is 0 Å². The van der Waals surface area contributed by atoms with Crippen LogP contribution >= 0.6 is 0 Å². The van der Waals surface area contributed by atoms with Gasteiger partial charge in [0, 0.05) is 27.7 Å². The van der Waals surface area contributed by atoms with E-state index in [0.717, 1.165) is 16.7 Å². The average molecular weight is 438 g/mol. The van der Waals surface area contributed by atoms with Crippen LogP contribution in [0.15, 0.2) is 4.79 Å². The largest absolute Gasteiger partial charge is 0.468 e. The minimum absolute atomic E-state index is 0.155. The van der Waals surface area contributed by atoms with Crippen LogP contribution < -0.4 is 20.1 Å². The SMILES string of the molecule is COc1nc2c(c(=O)[nH]1)N(C(C)=O)[C@@H]1[C@H](OC(C)=O)[C@@H](OC(C)=O)CO[C@@H]1N2C(C)=O. The van der Waals surface area contributed by atoms with Crippen LogP contribution in [0.1, 0.15) is 27.7 Å². The molecule has 13 heteroatoms. The third kappa shape index (κ3) is 3.95. The van der Waals surface area contributed by atoms with Gasteiger partial charge in [0.25, 0.3) is 11.6 Å². The fourth-order valence-electron chi connectivity index (χ4n) is 3.80. The Morgan fingerprint density at radius 1 is 1.03 bits per heavy atom. The molecular weight excluding hydrogens is 416 g/mol. The van der Waals surface area contributed by atoms with Crippen molar-refractivity contribution < 1.29 is 38.1 Å². The lowest BCUT2D eigenvalue weighted by molar-refractivity contribution is -0.193. The highest BCUT2D eigenvalue weighted by atomic mass is 16.6. The van der Waals surface area contributed by atoms with Crippen molar-refractivity contribution in [1.82, 2.24) is 9.97 Å². The molecule has 0 saturated carbocycles. The van der Waals surface area contributed by atoms with E-state index < -0.39 is 53.8 Å². The Morgan fingerprint density at radius 2 is 1.65 bits per heavy atom. The van der Waals surface area contributed by atoms with Crippen molar-refractivity contribution in [1.29, 1.82) is 0 Å². The molecule has 1 N–H and O–H groups in total. The van der Waals surface area contributed by atoms with Crippen LogP contribution in [0.5, 0.6) is 6.01 Å². The molecule has 3 heterocycles. The first-order valence-corrected chi connectivity index (χ1v) is 9.30. The lowest BCUT2D eigenvalue weighted by atomic mass is 9.95. The minimum atomic E-state index is -1.22. The van der Waals surface area contributed by atoms with Crippen LogP contribution in [-0.2, 0) is 33.4 Å². The van der Waals surface area contributed by atoms with E-state index in [1.807, 2.05) is 0 Å². The second kappa shape index (κ2) is 8.34. The van der Waals surface area contributed by atoms with Gasteiger partial charge < -0.3 is 18.9 Å². The van der Waals surface area contributed by atoms with E-state index in [2.05, 4.69) is 9.97 Å². The summed E-state index contributed by atoms with van der Waals surface area (Å²) < 4.78 is 21.4. The molecule has 31 heavy (non-hydrogen) atoms. The van der Waals surface area contributed by atoms with E-state index in [-0.39, 0.29) is 24.1 Å². The highest BCUT2D eigenvalue weighted by Crippen LogP contribution is 2.40. The molecule has 2 aliphatic rings. The third-order valence-electron chi connectivity index (χ3n) is 4.79. The molecular formula is C18H22N4O9. The first-order valence-electron chi connectivity index (χ1n) is 9.30. The van der Waals surface area contributed by atoms with Gasteiger partial charge in [0.05, 0.1) is 13.7 Å². The number of esters is 2. The molecule has 0 bridgehead atoms. The van der Waals surface area contributed by atoms with Gasteiger partial charge >= 0.3 is 11.9 Å². The topological polar surface area (TPSA) is 157 Å². The normalized spacial score (nSPS) is 24.5. The van der Waals surface area contributed by atoms with Crippen molar-refractivity contribution in [3.63, 3.8) is 0 Å². The number of nitrogens with zero attached hydrogens (tertiary/aromatic N) is 3. The summed E-state index contributed by atoms with van der Waals surface area (Å²) in [4.78, 5) is 70.1. The van der Waals surface area contributed by atoms with E-state index in [0.29, 0.717) is 0 Å². The molecule has 0 unspecified atom stereocenters. The van der Waals surface area contributed by atoms with Crippen molar-refractivity contribution in [2.45, 2.75) is 52.2 Å². The van der Waals surface area contributed by atoms with Crippen LogP contribution in [0, 0.1) is 0 Å². The van der Waals surface area contributed by atoms with Crippen molar-refractivity contribution in [3.8, 4) is 6.01 Å². The van der Waals surface area contributed by atoms with Crippen molar-refractivity contribution in [3.05, 3.63) is 10.4 Å². The molecule has 0 aliphatic carbocycles. The number of aromatic amines is 1. The number of fused-ring (bicyclic) bond motifs is 2. The molecule has 0 aromatic carbocycles. The molecule has 168 valence electrons. The maximum atomic E-state index is 12.8. The summed E-state index contributed by atoms with van der Waals surface area (Å²) in [6.45, 7) is 4.49. The summed E-state index contributed by atoms with van der Waals surface area (Å²) in [6, 6.07) is -1.37. The van der Waals surface area contributed by atoms with Gasteiger partial charge in [0.2, 0.25) is 11.8 Å². The number of rotatable bonds is 3. The summed E-state index contributed by atoms with van der Waals surface area (Å²) in [6.07, 6.45) is -3.48. The summed E-state index contributed by atoms with van der Waals surface area (Å²) in [5, 5.41) is 0. The quantitative estimate of drug-likeness (QED) is 0.586. The number of nitrogens with one attached hydrogen (secondary N) is 1. The van der Waals surface area contributed by atoms with E-state index >= 15 is 0 Å². The average Bonchev–Trinajstić information content (AvgIpc) is 2.66. The number of carbonyl (C=O) groups is 4. The molecule has 4 atom stereocenters. The smallest absolute Gasteiger partial charge is 0.303 e. The summed E-state index contributed by atoms with van der Waals surface area (Å²) >= 11 is 0. The molecule has 1 fully saturated rings. The number of anilines is 2. The molecule has 1 aromatic heterocycles. The molecule has 1 saturated heterocycles. The van der Waals surface area contributed by atoms with Crippen molar-refractivity contribution in [2.24, 2.45) is 0 Å². The van der Waals surface area contributed by atoms with Crippen LogP contribution in [0.3, 0.4) is 0 Å². The number of hydrogen-bond acceptors (Lipinski definition) is 10. The van der Waals surface area contributed by atoms with E-state index in [9.17, 15) is 24.0 Å². The van der Waals surface area contributed by atoms with Crippen LogP contribution in [-0.4, -0.2) is 71.9 Å². The van der Waals surface area contributed by atoms with Gasteiger partial charge in [-0.05, 0) is 0 Å². The maximum Gasteiger partial charge on any atom is 0.303 e. The van der Waals surface area contributed by atoms with Gasteiger partial charge in [-0.3, -0.25) is 38.8 Å². The fourth-order valence-corrected chi connectivity index (χ4v) is 3.80. The molecule has 1 aromatic rings. The molecule has 0 radical (unpaired) electrons. The molecule has 2 aliphatic heterocycles. The van der Waals surface area contributed by atoms with Gasteiger partial charge in [-0.15, -0.1) is 0 Å². The zero-order valence-electron chi connectivity index (χ0n) is 17.5.